The summed E-state index contributed by atoms with van der Waals surface area (Å²) in [6.07, 6.45) is 0.943. The van der Waals surface area contributed by atoms with Gasteiger partial charge in [-0.15, -0.1) is 21.5 Å². The molecule has 0 fully saturated rings. The molecular formula is C14H21N3S2. The molecule has 104 valence electrons. The van der Waals surface area contributed by atoms with Gasteiger partial charge in [0.1, 0.15) is 5.01 Å². The SMILES string of the molecule is Cc1cc(-c2nnc(CCNC(C)(C)C)s2)sc1C. The van der Waals surface area contributed by atoms with E-state index in [9.17, 15) is 0 Å². The summed E-state index contributed by atoms with van der Waals surface area (Å²) in [5.74, 6) is 0. The number of hydrogen-bond donors (Lipinski definition) is 1. The Morgan fingerprint density at radius 2 is 1.89 bits per heavy atom. The van der Waals surface area contributed by atoms with Crippen molar-refractivity contribution in [2.75, 3.05) is 6.54 Å². The van der Waals surface area contributed by atoms with Gasteiger partial charge in [0.25, 0.3) is 0 Å². The summed E-state index contributed by atoms with van der Waals surface area (Å²) < 4.78 is 0. The van der Waals surface area contributed by atoms with Crippen molar-refractivity contribution in [1.29, 1.82) is 0 Å². The molecule has 5 heteroatoms. The summed E-state index contributed by atoms with van der Waals surface area (Å²) in [5, 5.41) is 14.2. The molecule has 0 atom stereocenters. The lowest BCUT2D eigenvalue weighted by Crippen LogP contribution is -2.37. The standard InChI is InChI=1S/C14H21N3S2/c1-9-8-11(18-10(9)2)13-17-16-12(19-13)6-7-15-14(3,4)5/h8,15H,6-7H2,1-5H3. The minimum Gasteiger partial charge on any atom is -0.312 e. The van der Waals surface area contributed by atoms with Crippen LogP contribution in [0.5, 0.6) is 0 Å². The third-order valence-electron chi connectivity index (χ3n) is 2.84. The first-order valence-corrected chi connectivity index (χ1v) is 8.13. The molecule has 0 unspecified atom stereocenters. The van der Waals surface area contributed by atoms with E-state index in [1.807, 2.05) is 0 Å². The Hall–Kier alpha value is -0.780. The Morgan fingerprint density at radius 3 is 2.47 bits per heavy atom. The van der Waals surface area contributed by atoms with Crippen LogP contribution in [-0.4, -0.2) is 22.3 Å². The van der Waals surface area contributed by atoms with Crippen molar-refractivity contribution in [3.8, 4) is 9.88 Å². The molecule has 0 aliphatic rings. The average Bonchev–Trinajstić information content (AvgIpc) is 2.85. The molecule has 2 aromatic heterocycles. The Labute approximate surface area is 123 Å². The normalized spacial score (nSPS) is 12.1. The van der Waals surface area contributed by atoms with E-state index < -0.39 is 0 Å². The highest BCUT2D eigenvalue weighted by molar-refractivity contribution is 7.21. The number of aryl methyl sites for hydroxylation is 2. The van der Waals surface area contributed by atoms with Gasteiger partial charge in [0, 0.05) is 23.4 Å². The van der Waals surface area contributed by atoms with E-state index in [1.54, 1.807) is 22.7 Å². The summed E-state index contributed by atoms with van der Waals surface area (Å²) >= 11 is 3.51. The van der Waals surface area contributed by atoms with Crippen LogP contribution in [0.2, 0.25) is 0 Å². The fraction of sp³-hybridized carbons (Fsp3) is 0.571. The van der Waals surface area contributed by atoms with Gasteiger partial charge >= 0.3 is 0 Å². The number of nitrogens with zero attached hydrogens (tertiary/aromatic N) is 2. The van der Waals surface area contributed by atoms with Crippen LogP contribution in [-0.2, 0) is 6.42 Å². The number of thiophene rings is 1. The van der Waals surface area contributed by atoms with Crippen molar-refractivity contribution in [3.63, 3.8) is 0 Å². The minimum atomic E-state index is 0.162. The molecule has 0 bridgehead atoms. The highest BCUT2D eigenvalue weighted by atomic mass is 32.1. The second kappa shape index (κ2) is 5.69. The van der Waals surface area contributed by atoms with E-state index in [2.05, 4.69) is 56.2 Å². The molecule has 19 heavy (non-hydrogen) atoms. The molecule has 3 nitrogen and oxygen atoms in total. The number of nitrogens with one attached hydrogen (secondary N) is 1. The molecule has 0 saturated heterocycles. The third kappa shape index (κ3) is 4.09. The van der Waals surface area contributed by atoms with Crippen LogP contribution >= 0.6 is 22.7 Å². The number of rotatable bonds is 4. The van der Waals surface area contributed by atoms with Gasteiger partial charge in [0.2, 0.25) is 0 Å². The lowest BCUT2D eigenvalue weighted by Gasteiger charge is -2.19. The second-order valence-electron chi connectivity index (χ2n) is 5.78. The second-order valence-corrected chi connectivity index (χ2v) is 8.10. The van der Waals surface area contributed by atoms with Crippen LogP contribution in [0.4, 0.5) is 0 Å². The van der Waals surface area contributed by atoms with Crippen molar-refractivity contribution < 1.29 is 0 Å². The molecule has 0 aliphatic carbocycles. The van der Waals surface area contributed by atoms with Crippen molar-refractivity contribution in [2.45, 2.75) is 46.6 Å². The fourth-order valence-corrected chi connectivity index (χ4v) is 3.59. The number of aromatic nitrogens is 2. The largest absolute Gasteiger partial charge is 0.312 e. The number of hydrogen-bond acceptors (Lipinski definition) is 5. The Balaban J connectivity index is 1.99. The van der Waals surface area contributed by atoms with Crippen LogP contribution in [0, 0.1) is 13.8 Å². The maximum Gasteiger partial charge on any atom is 0.157 e. The van der Waals surface area contributed by atoms with Gasteiger partial charge in [-0.1, -0.05) is 11.3 Å². The van der Waals surface area contributed by atoms with E-state index in [4.69, 9.17) is 0 Å². The van der Waals surface area contributed by atoms with Crippen molar-refractivity contribution >= 4 is 22.7 Å². The van der Waals surface area contributed by atoms with Gasteiger partial charge in [0.05, 0.1) is 4.88 Å². The maximum atomic E-state index is 4.31. The molecular weight excluding hydrogens is 274 g/mol. The zero-order valence-electron chi connectivity index (χ0n) is 12.2. The van der Waals surface area contributed by atoms with Gasteiger partial charge in [0.15, 0.2) is 5.01 Å². The predicted molar refractivity (Wildman–Crippen MR) is 84.2 cm³/mol. The average molecular weight is 295 g/mol. The van der Waals surface area contributed by atoms with Gasteiger partial charge < -0.3 is 5.32 Å². The summed E-state index contributed by atoms with van der Waals surface area (Å²) in [7, 11) is 0. The Bertz CT molecular complexity index is 530. The zero-order valence-corrected chi connectivity index (χ0v) is 13.8. The first kappa shape index (κ1) is 14.6. The van der Waals surface area contributed by atoms with Gasteiger partial charge in [-0.2, -0.15) is 0 Å². The van der Waals surface area contributed by atoms with E-state index in [1.165, 1.54) is 15.3 Å². The van der Waals surface area contributed by atoms with Crippen LogP contribution in [0.25, 0.3) is 9.88 Å². The van der Waals surface area contributed by atoms with E-state index in [0.717, 1.165) is 23.0 Å². The molecule has 0 radical (unpaired) electrons. The predicted octanol–water partition coefficient (Wildman–Crippen LogP) is 3.81. The highest BCUT2D eigenvalue weighted by Gasteiger charge is 2.12. The van der Waals surface area contributed by atoms with Crippen molar-refractivity contribution in [2.24, 2.45) is 0 Å². The molecule has 2 heterocycles. The first-order valence-electron chi connectivity index (χ1n) is 6.50. The summed E-state index contributed by atoms with van der Waals surface area (Å²) in [6.45, 7) is 11.8. The summed E-state index contributed by atoms with van der Waals surface area (Å²) in [4.78, 5) is 2.60. The van der Waals surface area contributed by atoms with Crippen LogP contribution in [0.15, 0.2) is 6.07 Å². The Kier molecular flexibility index (Phi) is 4.38. The molecule has 0 amide bonds. The van der Waals surface area contributed by atoms with Gasteiger partial charge in [-0.05, 0) is 46.2 Å². The highest BCUT2D eigenvalue weighted by Crippen LogP contribution is 2.32. The lowest BCUT2D eigenvalue weighted by atomic mass is 10.1. The van der Waals surface area contributed by atoms with Crippen LogP contribution in [0.3, 0.4) is 0 Å². The molecule has 0 aliphatic heterocycles. The van der Waals surface area contributed by atoms with Crippen molar-refractivity contribution in [3.05, 3.63) is 21.5 Å². The quantitative estimate of drug-likeness (QED) is 0.932. The van der Waals surface area contributed by atoms with Gasteiger partial charge in [-0.25, -0.2) is 0 Å². The van der Waals surface area contributed by atoms with Gasteiger partial charge in [-0.3, -0.25) is 0 Å². The smallest absolute Gasteiger partial charge is 0.157 e. The third-order valence-corrected chi connectivity index (χ3v) is 5.14. The molecule has 0 aromatic carbocycles. The fourth-order valence-electron chi connectivity index (χ4n) is 1.68. The van der Waals surface area contributed by atoms with Crippen LogP contribution in [0.1, 0.15) is 36.2 Å². The summed E-state index contributed by atoms with van der Waals surface area (Å²) in [5.41, 5.74) is 1.50. The van der Waals surface area contributed by atoms with Crippen LogP contribution < -0.4 is 5.32 Å². The Morgan fingerprint density at radius 1 is 1.16 bits per heavy atom. The first-order chi connectivity index (χ1) is 8.85. The lowest BCUT2D eigenvalue weighted by molar-refractivity contribution is 0.429. The van der Waals surface area contributed by atoms with E-state index in [0.29, 0.717) is 0 Å². The molecule has 1 N–H and O–H groups in total. The summed E-state index contributed by atoms with van der Waals surface area (Å²) in [6, 6.07) is 2.21. The molecule has 2 rings (SSSR count). The monoisotopic (exact) mass is 295 g/mol. The zero-order chi connectivity index (χ0) is 14.0. The minimum absolute atomic E-state index is 0.162. The molecule has 0 spiro atoms. The molecule has 2 aromatic rings. The topological polar surface area (TPSA) is 37.8 Å². The van der Waals surface area contributed by atoms with E-state index >= 15 is 0 Å². The molecule has 0 saturated carbocycles. The van der Waals surface area contributed by atoms with E-state index in [-0.39, 0.29) is 5.54 Å². The van der Waals surface area contributed by atoms with Crippen molar-refractivity contribution in [1.82, 2.24) is 15.5 Å². The maximum absolute atomic E-state index is 4.31.